The van der Waals surface area contributed by atoms with Crippen LogP contribution in [0.1, 0.15) is 42.0 Å². The Morgan fingerprint density at radius 3 is 2.52 bits per heavy atom. The second kappa shape index (κ2) is 7.90. The number of benzene rings is 2. The molecule has 0 N–H and O–H groups in total. The van der Waals surface area contributed by atoms with Gasteiger partial charge in [-0.1, -0.05) is 18.2 Å². The zero-order valence-corrected chi connectivity index (χ0v) is 17.4. The normalized spacial score (nSPS) is 21.7. The number of amides is 2. The fourth-order valence-electron chi connectivity index (χ4n) is 4.47. The average molecular weight is 392 g/mol. The molecule has 2 aliphatic heterocycles. The molecule has 2 fully saturated rings. The van der Waals surface area contributed by atoms with Crippen molar-refractivity contribution in [3.63, 3.8) is 0 Å². The van der Waals surface area contributed by atoms with E-state index in [1.807, 2.05) is 29.2 Å². The lowest BCUT2D eigenvalue weighted by atomic mass is 9.98. The van der Waals surface area contributed by atoms with Crippen LogP contribution in [0.2, 0.25) is 0 Å². The third-order valence-electron chi connectivity index (χ3n) is 6.31. The summed E-state index contributed by atoms with van der Waals surface area (Å²) in [4.78, 5) is 29.7. The number of carbonyl (C=O) groups excluding carboxylic acids is 2. The van der Waals surface area contributed by atoms with E-state index in [1.165, 1.54) is 16.7 Å². The van der Waals surface area contributed by atoms with Crippen molar-refractivity contribution in [2.75, 3.05) is 25.1 Å². The van der Waals surface area contributed by atoms with Gasteiger partial charge >= 0.3 is 0 Å². The van der Waals surface area contributed by atoms with E-state index in [1.54, 1.807) is 12.0 Å². The van der Waals surface area contributed by atoms with E-state index in [9.17, 15) is 9.59 Å². The van der Waals surface area contributed by atoms with Crippen LogP contribution in [0.4, 0.5) is 5.69 Å². The molecule has 0 spiro atoms. The fraction of sp³-hybridized carbons (Fsp3) is 0.417. The Kier molecular flexibility index (Phi) is 5.31. The molecule has 0 aliphatic carbocycles. The van der Waals surface area contributed by atoms with E-state index in [-0.39, 0.29) is 30.2 Å². The first kappa shape index (κ1) is 19.5. The highest BCUT2D eigenvalue weighted by Crippen LogP contribution is 2.36. The molecule has 5 nitrogen and oxygen atoms in total. The summed E-state index contributed by atoms with van der Waals surface area (Å²) in [5.41, 5.74) is 4.54. The second-order valence-electron chi connectivity index (χ2n) is 8.14. The van der Waals surface area contributed by atoms with Crippen LogP contribution in [-0.2, 0) is 9.59 Å². The predicted octanol–water partition coefficient (Wildman–Crippen LogP) is 4.03. The molecule has 2 heterocycles. The van der Waals surface area contributed by atoms with Gasteiger partial charge in [-0.3, -0.25) is 9.59 Å². The summed E-state index contributed by atoms with van der Waals surface area (Å²) in [5, 5.41) is 0. The smallest absolute Gasteiger partial charge is 0.228 e. The second-order valence-corrected chi connectivity index (χ2v) is 8.14. The summed E-state index contributed by atoms with van der Waals surface area (Å²) in [6.45, 7) is 5.43. The largest absolute Gasteiger partial charge is 0.497 e. The lowest BCUT2D eigenvalue weighted by Gasteiger charge is -2.28. The van der Waals surface area contributed by atoms with Crippen LogP contribution < -0.4 is 9.64 Å². The maximum atomic E-state index is 13.3. The molecule has 152 valence electrons. The van der Waals surface area contributed by atoms with E-state index >= 15 is 0 Å². The molecule has 2 aromatic rings. The van der Waals surface area contributed by atoms with E-state index < -0.39 is 0 Å². The Bertz CT molecular complexity index is 922. The van der Waals surface area contributed by atoms with Crippen molar-refractivity contribution in [3.8, 4) is 5.75 Å². The Balaban J connectivity index is 1.50. The maximum absolute atomic E-state index is 13.3. The summed E-state index contributed by atoms with van der Waals surface area (Å²) in [7, 11) is 1.62. The summed E-state index contributed by atoms with van der Waals surface area (Å²) in [6.07, 6.45) is 2.27. The first-order valence-electron chi connectivity index (χ1n) is 10.3. The van der Waals surface area contributed by atoms with Crippen molar-refractivity contribution in [1.82, 2.24) is 4.90 Å². The van der Waals surface area contributed by atoms with Crippen LogP contribution in [0, 0.1) is 19.8 Å². The van der Waals surface area contributed by atoms with Gasteiger partial charge in [-0.2, -0.15) is 0 Å². The Morgan fingerprint density at radius 1 is 1.07 bits per heavy atom. The Labute approximate surface area is 172 Å². The van der Waals surface area contributed by atoms with Crippen LogP contribution in [0.5, 0.6) is 5.75 Å². The van der Waals surface area contributed by atoms with Gasteiger partial charge < -0.3 is 14.5 Å². The third-order valence-corrected chi connectivity index (χ3v) is 6.31. The van der Waals surface area contributed by atoms with Gasteiger partial charge in [0.05, 0.1) is 19.1 Å². The number of aryl methyl sites for hydroxylation is 2. The fourth-order valence-corrected chi connectivity index (χ4v) is 4.47. The third kappa shape index (κ3) is 3.74. The van der Waals surface area contributed by atoms with Crippen LogP contribution in [-0.4, -0.2) is 36.9 Å². The van der Waals surface area contributed by atoms with Crippen molar-refractivity contribution in [1.29, 1.82) is 0 Å². The van der Waals surface area contributed by atoms with Gasteiger partial charge in [0, 0.05) is 25.2 Å². The molecule has 2 aromatic carbocycles. The highest BCUT2D eigenvalue weighted by Gasteiger charge is 2.40. The minimum atomic E-state index is -0.281. The summed E-state index contributed by atoms with van der Waals surface area (Å²) >= 11 is 0. The molecule has 0 aromatic heterocycles. The molecular weight excluding hydrogens is 364 g/mol. The van der Waals surface area contributed by atoms with Gasteiger partial charge in [-0.15, -0.1) is 0 Å². The molecule has 4 rings (SSSR count). The number of nitrogens with zero attached hydrogens (tertiary/aromatic N) is 2. The number of carbonyl (C=O) groups is 2. The minimum Gasteiger partial charge on any atom is -0.497 e. The molecule has 0 bridgehead atoms. The highest BCUT2D eigenvalue weighted by atomic mass is 16.5. The molecule has 5 heteroatoms. The Morgan fingerprint density at radius 2 is 1.83 bits per heavy atom. The van der Waals surface area contributed by atoms with Gasteiger partial charge in [0.15, 0.2) is 0 Å². The molecule has 0 saturated carbocycles. The summed E-state index contributed by atoms with van der Waals surface area (Å²) in [6, 6.07) is 14.0. The highest BCUT2D eigenvalue weighted by molar-refractivity contribution is 6.00. The molecule has 0 radical (unpaired) electrons. The number of ether oxygens (including phenoxy) is 1. The monoisotopic (exact) mass is 392 g/mol. The Hall–Kier alpha value is -2.82. The van der Waals surface area contributed by atoms with E-state index in [4.69, 9.17) is 4.74 Å². The molecule has 2 amide bonds. The summed E-state index contributed by atoms with van der Waals surface area (Å²) < 4.78 is 5.19. The van der Waals surface area contributed by atoms with Gasteiger partial charge in [-0.25, -0.2) is 0 Å². The van der Waals surface area contributed by atoms with Crippen LogP contribution in [0.3, 0.4) is 0 Å². The number of rotatable bonds is 4. The number of anilines is 1. The SMILES string of the molecule is COc1ccc(N2CC(C(=O)N3CCCC3c3ccc(C)c(C)c3)CC2=O)cc1. The van der Waals surface area contributed by atoms with E-state index in [2.05, 4.69) is 32.0 Å². The quantitative estimate of drug-likeness (QED) is 0.789. The van der Waals surface area contributed by atoms with Gasteiger partial charge in [0.1, 0.15) is 5.75 Å². The molecule has 29 heavy (non-hydrogen) atoms. The lowest BCUT2D eigenvalue weighted by molar-refractivity contribution is -0.136. The predicted molar refractivity (Wildman–Crippen MR) is 113 cm³/mol. The topological polar surface area (TPSA) is 49.9 Å². The van der Waals surface area contributed by atoms with Crippen molar-refractivity contribution >= 4 is 17.5 Å². The van der Waals surface area contributed by atoms with E-state index in [0.29, 0.717) is 6.54 Å². The lowest BCUT2D eigenvalue weighted by Crippen LogP contribution is -2.37. The number of likely N-dealkylation sites (tertiary alicyclic amines) is 1. The van der Waals surface area contributed by atoms with Gasteiger partial charge in [0.2, 0.25) is 11.8 Å². The van der Waals surface area contributed by atoms with Gasteiger partial charge in [0.25, 0.3) is 0 Å². The van der Waals surface area contributed by atoms with Crippen molar-refractivity contribution in [3.05, 3.63) is 59.2 Å². The maximum Gasteiger partial charge on any atom is 0.228 e. The van der Waals surface area contributed by atoms with E-state index in [0.717, 1.165) is 30.8 Å². The number of methoxy groups -OCH3 is 1. The molecule has 2 saturated heterocycles. The van der Waals surface area contributed by atoms with Crippen molar-refractivity contribution in [2.45, 2.75) is 39.2 Å². The zero-order chi connectivity index (χ0) is 20.5. The molecule has 2 atom stereocenters. The van der Waals surface area contributed by atoms with Crippen LogP contribution in [0.25, 0.3) is 0 Å². The number of hydrogen-bond acceptors (Lipinski definition) is 3. The van der Waals surface area contributed by atoms with Crippen LogP contribution in [0.15, 0.2) is 42.5 Å². The summed E-state index contributed by atoms with van der Waals surface area (Å²) in [5.74, 6) is 0.587. The van der Waals surface area contributed by atoms with Crippen molar-refractivity contribution < 1.29 is 14.3 Å². The molecule has 2 unspecified atom stereocenters. The number of hydrogen-bond donors (Lipinski definition) is 0. The average Bonchev–Trinajstić information content (AvgIpc) is 3.37. The first-order chi connectivity index (χ1) is 14.0. The molecule has 2 aliphatic rings. The standard InChI is InChI=1S/C24H28N2O3/c1-16-6-7-18(13-17(16)2)22-5-4-12-25(22)24(28)19-14-23(27)26(15-19)20-8-10-21(29-3)11-9-20/h6-11,13,19,22H,4-5,12,14-15H2,1-3H3. The minimum absolute atomic E-state index is 0.00967. The van der Waals surface area contributed by atoms with Gasteiger partial charge in [-0.05, 0) is 67.6 Å². The molecular formula is C24H28N2O3. The van der Waals surface area contributed by atoms with Crippen molar-refractivity contribution in [2.24, 2.45) is 5.92 Å². The zero-order valence-electron chi connectivity index (χ0n) is 17.4. The first-order valence-corrected chi connectivity index (χ1v) is 10.3. The van der Waals surface area contributed by atoms with Crippen LogP contribution >= 0.6 is 0 Å².